The number of rotatable bonds is 3. The minimum absolute atomic E-state index is 0.102. The summed E-state index contributed by atoms with van der Waals surface area (Å²) in [6, 6.07) is 5.76. The SMILES string of the molecule is Cc1cc(C)cc(NC(=O)CN2CCCCS2(=O)=O)c1. The van der Waals surface area contributed by atoms with Crippen molar-refractivity contribution in [1.29, 1.82) is 0 Å². The quantitative estimate of drug-likeness (QED) is 0.922. The molecule has 1 aliphatic rings. The van der Waals surface area contributed by atoms with Crippen molar-refractivity contribution < 1.29 is 13.2 Å². The molecule has 1 aromatic carbocycles. The summed E-state index contributed by atoms with van der Waals surface area (Å²) in [5.74, 6) is -0.149. The predicted octanol–water partition coefficient (Wildman–Crippen LogP) is 1.67. The van der Waals surface area contributed by atoms with Crippen molar-refractivity contribution in [3.05, 3.63) is 29.3 Å². The number of sulfonamides is 1. The van der Waals surface area contributed by atoms with Crippen LogP contribution >= 0.6 is 0 Å². The van der Waals surface area contributed by atoms with Gasteiger partial charge < -0.3 is 5.32 Å². The minimum Gasteiger partial charge on any atom is -0.325 e. The smallest absolute Gasteiger partial charge is 0.239 e. The van der Waals surface area contributed by atoms with Crippen molar-refractivity contribution in [2.45, 2.75) is 26.7 Å². The van der Waals surface area contributed by atoms with Gasteiger partial charge in [-0.25, -0.2) is 8.42 Å². The Morgan fingerprint density at radius 2 is 1.85 bits per heavy atom. The van der Waals surface area contributed by atoms with E-state index in [1.165, 1.54) is 4.31 Å². The summed E-state index contributed by atoms with van der Waals surface area (Å²) >= 11 is 0. The van der Waals surface area contributed by atoms with Crippen LogP contribution in [0.25, 0.3) is 0 Å². The van der Waals surface area contributed by atoms with E-state index in [0.29, 0.717) is 18.7 Å². The summed E-state index contributed by atoms with van der Waals surface area (Å²) < 4.78 is 24.9. The van der Waals surface area contributed by atoms with Crippen molar-refractivity contribution in [3.63, 3.8) is 0 Å². The van der Waals surface area contributed by atoms with Gasteiger partial charge in [-0.1, -0.05) is 6.07 Å². The topological polar surface area (TPSA) is 66.5 Å². The molecule has 0 radical (unpaired) electrons. The lowest BCUT2D eigenvalue weighted by molar-refractivity contribution is -0.116. The molecule has 2 rings (SSSR count). The van der Waals surface area contributed by atoms with E-state index in [1.807, 2.05) is 32.0 Å². The van der Waals surface area contributed by atoms with E-state index in [9.17, 15) is 13.2 Å². The molecular weight excluding hydrogens is 276 g/mol. The van der Waals surface area contributed by atoms with Gasteiger partial charge in [-0.2, -0.15) is 4.31 Å². The van der Waals surface area contributed by atoms with Crippen molar-refractivity contribution >= 4 is 21.6 Å². The number of carbonyl (C=O) groups excluding carboxylic acids is 1. The van der Waals surface area contributed by atoms with Crippen LogP contribution in [0.4, 0.5) is 5.69 Å². The highest BCUT2D eigenvalue weighted by atomic mass is 32.2. The number of carbonyl (C=O) groups is 1. The number of aryl methyl sites for hydroxylation is 2. The van der Waals surface area contributed by atoms with Gasteiger partial charge in [0.1, 0.15) is 0 Å². The molecule has 0 aliphatic carbocycles. The molecule has 0 atom stereocenters. The van der Waals surface area contributed by atoms with Crippen LogP contribution in [-0.2, 0) is 14.8 Å². The van der Waals surface area contributed by atoms with Gasteiger partial charge in [0.25, 0.3) is 0 Å². The Hall–Kier alpha value is -1.40. The number of anilines is 1. The van der Waals surface area contributed by atoms with Crippen LogP contribution in [0.1, 0.15) is 24.0 Å². The van der Waals surface area contributed by atoms with Gasteiger partial charge >= 0.3 is 0 Å². The normalized spacial score (nSPS) is 18.7. The first kappa shape index (κ1) is 15.0. The van der Waals surface area contributed by atoms with E-state index in [4.69, 9.17) is 0 Å². The molecule has 110 valence electrons. The van der Waals surface area contributed by atoms with Crippen molar-refractivity contribution in [1.82, 2.24) is 4.31 Å². The second kappa shape index (κ2) is 5.93. The van der Waals surface area contributed by atoms with E-state index < -0.39 is 10.0 Å². The first-order valence-corrected chi connectivity index (χ1v) is 8.34. The minimum atomic E-state index is -3.25. The summed E-state index contributed by atoms with van der Waals surface area (Å²) in [6.45, 7) is 4.24. The molecule has 1 aromatic rings. The van der Waals surface area contributed by atoms with Crippen molar-refractivity contribution in [2.24, 2.45) is 0 Å². The van der Waals surface area contributed by atoms with Crippen LogP contribution in [0.2, 0.25) is 0 Å². The van der Waals surface area contributed by atoms with E-state index in [1.54, 1.807) is 0 Å². The van der Waals surface area contributed by atoms with Crippen LogP contribution in [0, 0.1) is 13.8 Å². The van der Waals surface area contributed by atoms with Crippen molar-refractivity contribution in [2.75, 3.05) is 24.2 Å². The summed E-state index contributed by atoms with van der Waals surface area (Å²) in [5, 5.41) is 2.76. The van der Waals surface area contributed by atoms with Gasteiger partial charge in [-0.3, -0.25) is 4.79 Å². The zero-order valence-corrected chi connectivity index (χ0v) is 12.7. The summed E-state index contributed by atoms with van der Waals surface area (Å²) in [4.78, 5) is 12.0. The summed E-state index contributed by atoms with van der Waals surface area (Å²) in [7, 11) is -3.25. The van der Waals surface area contributed by atoms with Crippen LogP contribution in [0.15, 0.2) is 18.2 Å². The highest BCUT2D eigenvalue weighted by Gasteiger charge is 2.27. The van der Waals surface area contributed by atoms with E-state index in [0.717, 1.165) is 17.5 Å². The number of amides is 1. The molecule has 6 heteroatoms. The summed E-state index contributed by atoms with van der Waals surface area (Å²) in [5.41, 5.74) is 2.83. The molecule has 20 heavy (non-hydrogen) atoms. The van der Waals surface area contributed by atoms with Crippen molar-refractivity contribution in [3.8, 4) is 0 Å². The average molecular weight is 296 g/mol. The Morgan fingerprint density at radius 1 is 1.20 bits per heavy atom. The molecule has 0 bridgehead atoms. The average Bonchev–Trinajstić information content (AvgIpc) is 2.30. The van der Waals surface area contributed by atoms with Gasteiger partial charge in [-0.15, -0.1) is 0 Å². The fourth-order valence-electron chi connectivity index (χ4n) is 2.43. The maximum atomic E-state index is 12.0. The number of nitrogens with zero attached hydrogens (tertiary/aromatic N) is 1. The van der Waals surface area contributed by atoms with Gasteiger partial charge in [-0.05, 0) is 49.9 Å². The Labute approximate surface area is 120 Å². The second-order valence-electron chi connectivity index (χ2n) is 5.28. The largest absolute Gasteiger partial charge is 0.325 e. The zero-order chi connectivity index (χ0) is 14.8. The Morgan fingerprint density at radius 3 is 2.45 bits per heavy atom. The fraction of sp³-hybridized carbons (Fsp3) is 0.500. The van der Waals surface area contributed by atoms with E-state index in [2.05, 4.69) is 5.32 Å². The number of nitrogens with one attached hydrogen (secondary N) is 1. The van der Waals surface area contributed by atoms with E-state index in [-0.39, 0.29) is 18.2 Å². The molecule has 1 saturated heterocycles. The van der Waals surface area contributed by atoms with E-state index >= 15 is 0 Å². The molecule has 0 aromatic heterocycles. The Kier molecular flexibility index (Phi) is 4.45. The van der Waals surface area contributed by atoms with Gasteiger partial charge in [0.15, 0.2) is 0 Å². The van der Waals surface area contributed by atoms with Gasteiger partial charge in [0.05, 0.1) is 12.3 Å². The van der Waals surface area contributed by atoms with Gasteiger partial charge in [0, 0.05) is 12.2 Å². The lowest BCUT2D eigenvalue weighted by Crippen LogP contribution is -2.42. The first-order chi connectivity index (χ1) is 9.37. The maximum Gasteiger partial charge on any atom is 0.239 e. The zero-order valence-electron chi connectivity index (χ0n) is 11.8. The second-order valence-corrected chi connectivity index (χ2v) is 7.37. The predicted molar refractivity (Wildman–Crippen MR) is 79.1 cm³/mol. The third-order valence-corrected chi connectivity index (χ3v) is 5.18. The lowest BCUT2D eigenvalue weighted by Gasteiger charge is -2.25. The Balaban J connectivity index is 2.02. The molecule has 1 aliphatic heterocycles. The molecule has 0 unspecified atom stereocenters. The molecule has 1 N–H and O–H groups in total. The molecule has 1 heterocycles. The van der Waals surface area contributed by atoms with Crippen LogP contribution in [0.5, 0.6) is 0 Å². The third kappa shape index (κ3) is 3.80. The molecular formula is C14H20N2O3S. The number of hydrogen-bond acceptors (Lipinski definition) is 3. The van der Waals surface area contributed by atoms with Crippen LogP contribution < -0.4 is 5.32 Å². The highest BCUT2D eigenvalue weighted by Crippen LogP contribution is 2.16. The molecule has 1 fully saturated rings. The summed E-state index contributed by atoms with van der Waals surface area (Å²) in [6.07, 6.45) is 1.49. The number of hydrogen-bond donors (Lipinski definition) is 1. The first-order valence-electron chi connectivity index (χ1n) is 6.73. The Bertz CT molecular complexity index is 591. The molecule has 0 saturated carbocycles. The molecule has 1 amide bonds. The van der Waals surface area contributed by atoms with Gasteiger partial charge in [0.2, 0.25) is 15.9 Å². The molecule has 0 spiro atoms. The fourth-order valence-corrected chi connectivity index (χ4v) is 3.97. The number of benzene rings is 1. The lowest BCUT2D eigenvalue weighted by atomic mass is 10.1. The van der Waals surface area contributed by atoms with Crippen LogP contribution in [-0.4, -0.2) is 37.5 Å². The third-order valence-electron chi connectivity index (χ3n) is 3.28. The monoisotopic (exact) mass is 296 g/mol. The van der Waals surface area contributed by atoms with Crippen LogP contribution in [0.3, 0.4) is 0 Å². The maximum absolute atomic E-state index is 12.0. The standard InChI is InChI=1S/C14H20N2O3S/c1-11-7-12(2)9-13(8-11)15-14(17)10-16-5-3-4-6-20(16,18)19/h7-9H,3-6,10H2,1-2H3,(H,15,17). The highest BCUT2D eigenvalue weighted by molar-refractivity contribution is 7.89. The molecule has 5 nitrogen and oxygen atoms in total.